The van der Waals surface area contributed by atoms with E-state index < -0.39 is 18.0 Å². The van der Waals surface area contributed by atoms with Gasteiger partial charge in [0.1, 0.15) is 0 Å². The van der Waals surface area contributed by atoms with Gasteiger partial charge in [-0.15, -0.1) is 0 Å². The first-order chi connectivity index (χ1) is 9.13. The van der Waals surface area contributed by atoms with Crippen LogP contribution in [0.1, 0.15) is 12.0 Å². The first kappa shape index (κ1) is 15.5. The number of thiol groups is 1. The molecule has 104 valence electrons. The molecule has 5 nitrogen and oxygen atoms in total. The summed E-state index contributed by atoms with van der Waals surface area (Å²) < 4.78 is 10.0. The fourth-order valence-corrected chi connectivity index (χ4v) is 1.51. The maximum absolute atomic E-state index is 11.2. The molecule has 6 heteroatoms. The number of benzene rings is 1. The van der Waals surface area contributed by atoms with Crippen LogP contribution in [0.2, 0.25) is 0 Å². The molecule has 1 atom stereocenters. The topological polar surface area (TPSA) is 72.8 Å². The van der Waals surface area contributed by atoms with Crippen molar-refractivity contribution in [3.63, 3.8) is 0 Å². The van der Waals surface area contributed by atoms with Crippen LogP contribution >= 0.6 is 12.6 Å². The van der Waals surface area contributed by atoms with Gasteiger partial charge in [0.15, 0.2) is 0 Å². The molecule has 0 aliphatic carbocycles. The van der Waals surface area contributed by atoms with Crippen LogP contribution in [0.4, 0.5) is 0 Å². The minimum atomic E-state index is -1.28. The molecule has 0 aliphatic heterocycles. The fraction of sp³-hybridized carbons (Fsp3) is 0.385. The summed E-state index contributed by atoms with van der Waals surface area (Å²) in [4.78, 5) is 22.1. The summed E-state index contributed by atoms with van der Waals surface area (Å²) >= 11 is 3.87. The summed E-state index contributed by atoms with van der Waals surface area (Å²) in [6, 6.07) is 9.33. The summed E-state index contributed by atoms with van der Waals surface area (Å²) in [7, 11) is 0. The number of carbonyl (C=O) groups is 2. The van der Waals surface area contributed by atoms with Crippen molar-refractivity contribution in [2.45, 2.75) is 19.1 Å². The van der Waals surface area contributed by atoms with E-state index in [-0.39, 0.29) is 19.6 Å². The van der Waals surface area contributed by atoms with Gasteiger partial charge in [0, 0.05) is 5.75 Å². The number of hydrogen-bond donors (Lipinski definition) is 2. The lowest BCUT2D eigenvalue weighted by Crippen LogP contribution is -2.31. The van der Waals surface area contributed by atoms with E-state index in [1.54, 1.807) is 0 Å². The summed E-state index contributed by atoms with van der Waals surface area (Å²) in [6.07, 6.45) is -1.21. The first-order valence-corrected chi connectivity index (χ1v) is 6.41. The summed E-state index contributed by atoms with van der Waals surface area (Å²) in [5.74, 6) is -1.50. The van der Waals surface area contributed by atoms with Crippen LogP contribution < -0.4 is 0 Å². The van der Waals surface area contributed by atoms with E-state index in [4.69, 9.17) is 14.6 Å². The van der Waals surface area contributed by atoms with E-state index in [2.05, 4.69) is 12.6 Å². The quantitative estimate of drug-likeness (QED) is 0.559. The van der Waals surface area contributed by atoms with Gasteiger partial charge >= 0.3 is 11.9 Å². The monoisotopic (exact) mass is 284 g/mol. The second-order valence-corrected chi connectivity index (χ2v) is 4.24. The Hall–Kier alpha value is -1.53. The van der Waals surface area contributed by atoms with Crippen molar-refractivity contribution in [2.24, 2.45) is 0 Å². The second kappa shape index (κ2) is 8.55. The Morgan fingerprint density at radius 1 is 1.26 bits per heavy atom. The predicted octanol–water partition coefficient (Wildman–Crippen LogP) is 1.52. The fourth-order valence-electron chi connectivity index (χ4n) is 1.32. The molecule has 1 N–H and O–H groups in total. The lowest BCUT2D eigenvalue weighted by Gasteiger charge is -2.13. The highest BCUT2D eigenvalue weighted by Gasteiger charge is 2.22. The van der Waals surface area contributed by atoms with Crippen molar-refractivity contribution in [1.29, 1.82) is 0 Å². The van der Waals surface area contributed by atoms with Gasteiger partial charge in [0.05, 0.1) is 19.6 Å². The minimum Gasteiger partial charge on any atom is -0.478 e. The average Bonchev–Trinajstić information content (AvgIpc) is 2.39. The number of carbonyl (C=O) groups excluding carboxylic acids is 1. The maximum atomic E-state index is 11.2. The smallest absolute Gasteiger partial charge is 0.347 e. The summed E-state index contributed by atoms with van der Waals surface area (Å²) in [5.41, 5.74) is 0.924. The Kier molecular flexibility index (Phi) is 6.99. The Bertz CT molecular complexity index is 407. The molecular weight excluding hydrogens is 268 g/mol. The molecule has 19 heavy (non-hydrogen) atoms. The molecule has 0 spiro atoms. The maximum Gasteiger partial charge on any atom is 0.347 e. The van der Waals surface area contributed by atoms with Gasteiger partial charge in [-0.2, -0.15) is 12.6 Å². The third-order valence-electron chi connectivity index (χ3n) is 2.25. The zero-order chi connectivity index (χ0) is 14.1. The van der Waals surface area contributed by atoms with E-state index in [0.717, 1.165) is 5.56 Å². The SMILES string of the molecule is O=C(CCS)OC(COCc1ccccc1)C(=O)O. The third kappa shape index (κ3) is 6.26. The van der Waals surface area contributed by atoms with E-state index >= 15 is 0 Å². The molecule has 0 bridgehead atoms. The van der Waals surface area contributed by atoms with Crippen LogP contribution in [0.3, 0.4) is 0 Å². The van der Waals surface area contributed by atoms with Crippen molar-refractivity contribution < 1.29 is 24.2 Å². The molecule has 0 saturated carbocycles. The molecule has 1 unspecified atom stereocenters. The Labute approximate surface area is 116 Å². The lowest BCUT2D eigenvalue weighted by molar-refractivity contribution is -0.168. The average molecular weight is 284 g/mol. The van der Waals surface area contributed by atoms with Gasteiger partial charge in [-0.25, -0.2) is 4.79 Å². The molecule has 1 aromatic carbocycles. The van der Waals surface area contributed by atoms with Crippen LogP contribution in [0.25, 0.3) is 0 Å². The van der Waals surface area contributed by atoms with Gasteiger partial charge in [0.2, 0.25) is 6.10 Å². The molecule has 0 fully saturated rings. The molecule has 0 aromatic heterocycles. The second-order valence-electron chi connectivity index (χ2n) is 3.79. The number of hydrogen-bond acceptors (Lipinski definition) is 5. The van der Waals surface area contributed by atoms with Gasteiger partial charge in [0.25, 0.3) is 0 Å². The number of ether oxygens (including phenoxy) is 2. The lowest BCUT2D eigenvalue weighted by atomic mass is 10.2. The van der Waals surface area contributed by atoms with E-state index in [1.165, 1.54) is 0 Å². The summed E-state index contributed by atoms with van der Waals surface area (Å²) in [5, 5.41) is 8.91. The van der Waals surface area contributed by atoms with Crippen molar-refractivity contribution in [3.05, 3.63) is 35.9 Å². The van der Waals surface area contributed by atoms with Crippen LogP contribution in [0.5, 0.6) is 0 Å². The zero-order valence-corrected chi connectivity index (χ0v) is 11.2. The number of rotatable bonds is 8. The molecule has 0 heterocycles. The van der Waals surface area contributed by atoms with Gasteiger partial charge in [-0.1, -0.05) is 30.3 Å². The molecule has 1 rings (SSSR count). The highest BCUT2D eigenvalue weighted by Crippen LogP contribution is 2.03. The molecule has 0 amide bonds. The standard InChI is InChI=1S/C13H16O5S/c14-12(6-7-19)18-11(13(15)16)9-17-8-10-4-2-1-3-5-10/h1-5,11,19H,6-9H2,(H,15,16). The molecule has 0 radical (unpaired) electrons. The Balaban J connectivity index is 2.38. The Morgan fingerprint density at radius 2 is 1.95 bits per heavy atom. The van der Waals surface area contributed by atoms with Crippen LogP contribution in [-0.4, -0.2) is 35.5 Å². The predicted molar refractivity (Wildman–Crippen MR) is 72.1 cm³/mol. The van der Waals surface area contributed by atoms with Gasteiger partial charge in [-0.05, 0) is 5.56 Å². The molecule has 0 aliphatic rings. The first-order valence-electron chi connectivity index (χ1n) is 5.78. The highest BCUT2D eigenvalue weighted by molar-refractivity contribution is 7.80. The van der Waals surface area contributed by atoms with Crippen LogP contribution in [-0.2, 0) is 25.7 Å². The molecule has 0 saturated heterocycles. The summed E-state index contributed by atoms with van der Waals surface area (Å²) in [6.45, 7) is 0.0945. The van der Waals surface area contributed by atoms with Crippen LogP contribution in [0.15, 0.2) is 30.3 Å². The molecule has 1 aromatic rings. The normalized spacial score (nSPS) is 11.8. The minimum absolute atomic E-state index is 0.0750. The number of aliphatic carboxylic acids is 1. The zero-order valence-electron chi connectivity index (χ0n) is 10.3. The van der Waals surface area contributed by atoms with E-state index in [1.807, 2.05) is 30.3 Å². The third-order valence-corrected chi connectivity index (χ3v) is 2.47. The van der Waals surface area contributed by atoms with Crippen molar-refractivity contribution in [1.82, 2.24) is 0 Å². The van der Waals surface area contributed by atoms with Crippen molar-refractivity contribution in [2.75, 3.05) is 12.4 Å². The highest BCUT2D eigenvalue weighted by atomic mass is 32.1. The molecular formula is C13H16O5S. The van der Waals surface area contributed by atoms with Gasteiger partial charge < -0.3 is 14.6 Å². The largest absolute Gasteiger partial charge is 0.478 e. The number of carboxylic acid groups (broad SMARTS) is 1. The number of esters is 1. The van der Waals surface area contributed by atoms with Crippen LogP contribution in [0, 0.1) is 0 Å². The Morgan fingerprint density at radius 3 is 2.53 bits per heavy atom. The van der Waals surface area contributed by atoms with Gasteiger partial charge in [-0.3, -0.25) is 4.79 Å². The number of carboxylic acids is 1. The van der Waals surface area contributed by atoms with Crippen molar-refractivity contribution in [3.8, 4) is 0 Å². The van der Waals surface area contributed by atoms with E-state index in [9.17, 15) is 9.59 Å². The van der Waals surface area contributed by atoms with E-state index in [0.29, 0.717) is 5.75 Å². The van der Waals surface area contributed by atoms with Crippen molar-refractivity contribution >= 4 is 24.6 Å².